The molecule has 0 fully saturated rings. The summed E-state index contributed by atoms with van der Waals surface area (Å²) < 4.78 is 16.8. The summed E-state index contributed by atoms with van der Waals surface area (Å²) in [6.07, 6.45) is 4.31. The van der Waals surface area contributed by atoms with Crippen LogP contribution in [0.15, 0.2) is 49.1 Å². The first-order valence-corrected chi connectivity index (χ1v) is 8.09. The van der Waals surface area contributed by atoms with Crippen molar-refractivity contribution in [2.45, 2.75) is 32.9 Å². The van der Waals surface area contributed by atoms with Crippen LogP contribution in [0.25, 0.3) is 0 Å². The zero-order valence-corrected chi connectivity index (χ0v) is 14.7. The molecule has 24 heavy (non-hydrogen) atoms. The lowest BCUT2D eigenvalue weighted by Crippen LogP contribution is -2.38. The molecule has 0 aliphatic rings. The van der Waals surface area contributed by atoms with Crippen LogP contribution in [-0.4, -0.2) is 37.9 Å². The van der Waals surface area contributed by atoms with Crippen LogP contribution in [0.4, 0.5) is 0 Å². The molecular formula is C19H27NO4. The lowest BCUT2D eigenvalue weighted by atomic mass is 10.3. The van der Waals surface area contributed by atoms with E-state index in [9.17, 15) is 4.79 Å². The van der Waals surface area contributed by atoms with Gasteiger partial charge < -0.3 is 19.5 Å². The largest absolute Gasteiger partial charge is 0.486 e. The van der Waals surface area contributed by atoms with Gasteiger partial charge in [-0.1, -0.05) is 44.7 Å². The fraction of sp³-hybridized carbons (Fsp3) is 0.421. The summed E-state index contributed by atoms with van der Waals surface area (Å²) in [6.45, 7) is 10.6. The van der Waals surface area contributed by atoms with Crippen LogP contribution >= 0.6 is 0 Å². The molecule has 0 saturated carbocycles. The second-order valence-electron chi connectivity index (χ2n) is 5.48. The minimum Gasteiger partial charge on any atom is -0.486 e. The van der Waals surface area contributed by atoms with Crippen molar-refractivity contribution in [1.82, 2.24) is 5.32 Å². The first-order chi connectivity index (χ1) is 11.6. The lowest BCUT2D eigenvalue weighted by molar-refractivity contribution is -0.144. The van der Waals surface area contributed by atoms with Crippen molar-refractivity contribution < 1.29 is 19.0 Å². The number of carbonyl (C=O) groups is 1. The van der Waals surface area contributed by atoms with Gasteiger partial charge >= 0.3 is 5.97 Å². The number of carbonyl (C=O) groups excluding carboxylic acids is 1. The van der Waals surface area contributed by atoms with Crippen molar-refractivity contribution in [2.75, 3.05) is 19.8 Å². The first-order valence-electron chi connectivity index (χ1n) is 8.09. The van der Waals surface area contributed by atoms with E-state index in [-0.39, 0.29) is 18.6 Å². The van der Waals surface area contributed by atoms with Crippen molar-refractivity contribution >= 4 is 5.97 Å². The summed E-state index contributed by atoms with van der Waals surface area (Å²) >= 11 is 0. The zero-order valence-electron chi connectivity index (χ0n) is 14.7. The molecule has 0 bridgehead atoms. The Labute approximate surface area is 144 Å². The predicted octanol–water partition coefficient (Wildman–Crippen LogP) is 3.12. The maximum absolute atomic E-state index is 11.7. The Morgan fingerprint density at radius 1 is 1.25 bits per heavy atom. The quantitative estimate of drug-likeness (QED) is 0.383. The zero-order chi connectivity index (χ0) is 17.8. The molecular weight excluding hydrogens is 306 g/mol. The average molecular weight is 333 g/mol. The highest BCUT2D eigenvalue weighted by Crippen LogP contribution is 2.26. The molecule has 0 spiro atoms. The molecule has 0 aliphatic carbocycles. The third kappa shape index (κ3) is 7.83. The molecule has 132 valence electrons. The molecule has 1 aromatic carbocycles. The van der Waals surface area contributed by atoms with Crippen molar-refractivity contribution in [3.8, 4) is 11.5 Å². The predicted molar refractivity (Wildman–Crippen MR) is 95.5 cm³/mol. The topological polar surface area (TPSA) is 56.8 Å². The standard InChI is InChI=1S/C19H27NO4/c1-5-9-19(21)24-16(13-20-15(3)4)14-23-18-11-8-7-10-17(18)22-12-6-2/h5-11,15-16,20H,2,12-14H2,1,3-4H3/b9-5+. The number of rotatable bonds is 11. The van der Waals surface area contributed by atoms with Crippen LogP contribution in [0, 0.1) is 0 Å². The average Bonchev–Trinajstić information content (AvgIpc) is 2.56. The van der Waals surface area contributed by atoms with Gasteiger partial charge in [0.05, 0.1) is 0 Å². The molecule has 1 N–H and O–H groups in total. The summed E-state index contributed by atoms with van der Waals surface area (Å²) in [5, 5.41) is 3.25. The molecule has 1 atom stereocenters. The number of esters is 1. The number of para-hydroxylation sites is 2. The van der Waals surface area contributed by atoms with Crippen molar-refractivity contribution in [1.29, 1.82) is 0 Å². The van der Waals surface area contributed by atoms with E-state index in [4.69, 9.17) is 14.2 Å². The van der Waals surface area contributed by atoms with E-state index in [0.717, 1.165) is 0 Å². The summed E-state index contributed by atoms with van der Waals surface area (Å²) in [7, 11) is 0. The van der Waals surface area contributed by atoms with E-state index >= 15 is 0 Å². The molecule has 0 aliphatic heterocycles. The second-order valence-corrected chi connectivity index (χ2v) is 5.48. The Kier molecular flexibility index (Phi) is 9.31. The molecule has 0 aromatic heterocycles. The smallest absolute Gasteiger partial charge is 0.330 e. The van der Waals surface area contributed by atoms with Crippen LogP contribution in [0.5, 0.6) is 11.5 Å². The third-order valence-corrected chi connectivity index (χ3v) is 2.97. The molecule has 0 heterocycles. The van der Waals surface area contributed by atoms with E-state index in [1.807, 2.05) is 38.1 Å². The normalized spacial score (nSPS) is 12.2. The molecule has 1 rings (SSSR count). The molecule has 5 heteroatoms. The maximum atomic E-state index is 11.7. The van der Waals surface area contributed by atoms with E-state index in [2.05, 4.69) is 11.9 Å². The Bertz CT molecular complexity index is 540. The van der Waals surface area contributed by atoms with Crippen molar-refractivity contribution in [3.63, 3.8) is 0 Å². The third-order valence-electron chi connectivity index (χ3n) is 2.97. The molecule has 1 unspecified atom stereocenters. The maximum Gasteiger partial charge on any atom is 0.330 e. The van der Waals surface area contributed by atoms with Gasteiger partial charge in [-0.3, -0.25) is 0 Å². The monoisotopic (exact) mass is 333 g/mol. The van der Waals surface area contributed by atoms with Gasteiger partial charge in [-0.15, -0.1) is 0 Å². The number of nitrogens with one attached hydrogen (secondary N) is 1. The highest BCUT2D eigenvalue weighted by molar-refractivity contribution is 5.81. The summed E-state index contributed by atoms with van der Waals surface area (Å²) in [5.41, 5.74) is 0. The minimum atomic E-state index is -0.399. The van der Waals surface area contributed by atoms with Crippen LogP contribution in [0.3, 0.4) is 0 Å². The SMILES string of the molecule is C=CCOc1ccccc1OCC(CNC(C)C)OC(=O)/C=C/C. The van der Waals surface area contributed by atoms with Crippen LogP contribution < -0.4 is 14.8 Å². The number of hydrogen-bond donors (Lipinski definition) is 1. The molecule has 5 nitrogen and oxygen atoms in total. The van der Waals surface area contributed by atoms with Gasteiger partial charge in [0, 0.05) is 18.7 Å². The van der Waals surface area contributed by atoms with Gasteiger partial charge in [-0.2, -0.15) is 0 Å². The number of hydrogen-bond acceptors (Lipinski definition) is 5. The van der Waals surface area contributed by atoms with Gasteiger partial charge in [0.25, 0.3) is 0 Å². The number of allylic oxidation sites excluding steroid dienone is 1. The number of benzene rings is 1. The summed E-state index contributed by atoms with van der Waals surface area (Å²) in [4.78, 5) is 11.7. The highest BCUT2D eigenvalue weighted by atomic mass is 16.6. The van der Waals surface area contributed by atoms with Crippen LogP contribution in [0.2, 0.25) is 0 Å². The van der Waals surface area contributed by atoms with E-state index in [1.54, 1.807) is 19.1 Å². The second kappa shape index (κ2) is 11.3. The Balaban J connectivity index is 2.68. The van der Waals surface area contributed by atoms with Gasteiger partial charge in [-0.05, 0) is 19.1 Å². The first kappa shape index (κ1) is 19.8. The summed E-state index contributed by atoms with van der Waals surface area (Å²) in [6, 6.07) is 7.67. The summed E-state index contributed by atoms with van der Waals surface area (Å²) in [5.74, 6) is 0.858. The Morgan fingerprint density at radius 2 is 1.92 bits per heavy atom. The van der Waals surface area contributed by atoms with E-state index in [0.29, 0.717) is 24.7 Å². The van der Waals surface area contributed by atoms with Gasteiger partial charge in [0.2, 0.25) is 0 Å². The number of ether oxygens (including phenoxy) is 3. The molecule has 0 radical (unpaired) electrons. The van der Waals surface area contributed by atoms with Gasteiger partial charge in [0.1, 0.15) is 19.3 Å². The fourth-order valence-electron chi connectivity index (χ4n) is 1.86. The minimum absolute atomic E-state index is 0.234. The Morgan fingerprint density at radius 3 is 2.50 bits per heavy atom. The van der Waals surface area contributed by atoms with Gasteiger partial charge in [-0.25, -0.2) is 4.79 Å². The fourth-order valence-corrected chi connectivity index (χ4v) is 1.86. The molecule has 0 amide bonds. The molecule has 1 aromatic rings. The van der Waals surface area contributed by atoms with Crippen LogP contribution in [0.1, 0.15) is 20.8 Å². The highest BCUT2D eigenvalue weighted by Gasteiger charge is 2.15. The Hall–Kier alpha value is -2.27. The van der Waals surface area contributed by atoms with Crippen LogP contribution in [-0.2, 0) is 9.53 Å². The van der Waals surface area contributed by atoms with Crippen molar-refractivity contribution in [3.05, 3.63) is 49.1 Å². The van der Waals surface area contributed by atoms with Crippen molar-refractivity contribution in [2.24, 2.45) is 0 Å². The van der Waals surface area contributed by atoms with Gasteiger partial charge in [0.15, 0.2) is 11.5 Å². The lowest BCUT2D eigenvalue weighted by Gasteiger charge is -2.20. The molecule has 0 saturated heterocycles. The van der Waals surface area contributed by atoms with E-state index in [1.165, 1.54) is 6.08 Å². The van der Waals surface area contributed by atoms with E-state index < -0.39 is 6.10 Å².